The van der Waals surface area contributed by atoms with E-state index >= 15 is 0 Å². The first-order chi connectivity index (χ1) is 8.41. The fourth-order valence-corrected chi connectivity index (χ4v) is 1.87. The Kier molecular flexibility index (Phi) is 5.41. The van der Waals surface area contributed by atoms with Crippen molar-refractivity contribution in [3.8, 4) is 5.75 Å². The summed E-state index contributed by atoms with van der Waals surface area (Å²) < 4.78 is 5.71. The Labute approximate surface area is 113 Å². The lowest BCUT2D eigenvalue weighted by atomic mass is 10.1. The van der Waals surface area contributed by atoms with Crippen LogP contribution in [0.2, 0.25) is 5.02 Å². The summed E-state index contributed by atoms with van der Waals surface area (Å²) in [6.07, 6.45) is -0.382. The molecule has 4 nitrogen and oxygen atoms in total. The number of nitrogens with one attached hydrogen (secondary N) is 1. The van der Waals surface area contributed by atoms with Crippen LogP contribution in [0, 0.1) is 6.92 Å². The van der Waals surface area contributed by atoms with Crippen molar-refractivity contribution in [3.63, 3.8) is 0 Å². The van der Waals surface area contributed by atoms with E-state index in [1.54, 1.807) is 19.9 Å². The zero-order valence-electron chi connectivity index (χ0n) is 10.9. The normalized spacial score (nSPS) is 13.4. The maximum absolute atomic E-state index is 9.21. The fraction of sp³-hybridized carbons (Fsp3) is 0.538. The molecule has 0 amide bonds. The van der Waals surface area contributed by atoms with Crippen molar-refractivity contribution in [1.29, 1.82) is 0 Å². The lowest BCUT2D eigenvalue weighted by Gasteiger charge is -2.30. The molecule has 3 N–H and O–H groups in total. The molecule has 0 saturated heterocycles. The van der Waals surface area contributed by atoms with Gasteiger partial charge in [-0.05, 0) is 32.4 Å². The van der Waals surface area contributed by atoms with E-state index in [-0.39, 0.29) is 19.4 Å². The van der Waals surface area contributed by atoms with Gasteiger partial charge in [0.1, 0.15) is 12.0 Å². The molecule has 1 unspecified atom stereocenters. The van der Waals surface area contributed by atoms with Gasteiger partial charge in [-0.3, -0.25) is 5.32 Å². The molecule has 0 heterocycles. The van der Waals surface area contributed by atoms with Crippen LogP contribution in [0.5, 0.6) is 5.75 Å². The maximum Gasteiger partial charge on any atom is 0.148 e. The predicted octanol–water partition coefficient (Wildman–Crippen LogP) is 1.71. The molecule has 0 radical (unpaired) electrons. The standard InChI is InChI=1S/C13H20ClNO3/c1-9-5-4-6-11(14)12(9)18-10(2)15-13(3,7-16)8-17/h4-6,10,15-17H,7-8H2,1-3H3. The Morgan fingerprint density at radius 3 is 2.50 bits per heavy atom. The van der Waals surface area contributed by atoms with E-state index in [9.17, 15) is 10.2 Å². The van der Waals surface area contributed by atoms with Crippen LogP contribution in [0.3, 0.4) is 0 Å². The summed E-state index contributed by atoms with van der Waals surface area (Å²) in [6, 6.07) is 5.52. The van der Waals surface area contributed by atoms with Crippen molar-refractivity contribution in [2.75, 3.05) is 13.2 Å². The Morgan fingerprint density at radius 2 is 2.00 bits per heavy atom. The molecule has 5 heteroatoms. The van der Waals surface area contributed by atoms with Gasteiger partial charge in [0.2, 0.25) is 0 Å². The second-order valence-corrected chi connectivity index (χ2v) is 5.07. The summed E-state index contributed by atoms with van der Waals surface area (Å²) in [6.45, 7) is 5.06. The highest BCUT2D eigenvalue weighted by Crippen LogP contribution is 2.28. The Bertz CT molecular complexity index is 374. The van der Waals surface area contributed by atoms with Gasteiger partial charge in [0.25, 0.3) is 0 Å². The highest BCUT2D eigenvalue weighted by Gasteiger charge is 2.25. The third-order valence-electron chi connectivity index (χ3n) is 2.71. The zero-order valence-corrected chi connectivity index (χ0v) is 11.7. The molecule has 1 atom stereocenters. The Balaban J connectivity index is 2.73. The van der Waals surface area contributed by atoms with Crippen molar-refractivity contribution in [2.45, 2.75) is 32.5 Å². The molecule has 18 heavy (non-hydrogen) atoms. The number of rotatable bonds is 6. The van der Waals surface area contributed by atoms with Crippen molar-refractivity contribution in [1.82, 2.24) is 5.32 Å². The Morgan fingerprint density at radius 1 is 1.39 bits per heavy atom. The summed E-state index contributed by atoms with van der Waals surface area (Å²) >= 11 is 6.06. The third kappa shape index (κ3) is 3.85. The van der Waals surface area contributed by atoms with Crippen LogP contribution in [0.1, 0.15) is 19.4 Å². The molecule has 0 spiro atoms. The average molecular weight is 274 g/mol. The van der Waals surface area contributed by atoms with Crippen LogP contribution in [-0.4, -0.2) is 35.2 Å². The van der Waals surface area contributed by atoms with Crippen LogP contribution in [0.4, 0.5) is 0 Å². The molecular weight excluding hydrogens is 254 g/mol. The molecule has 1 aromatic carbocycles. The minimum absolute atomic E-state index is 0.182. The summed E-state index contributed by atoms with van der Waals surface area (Å²) in [5.41, 5.74) is 0.153. The molecule has 0 aromatic heterocycles. The topological polar surface area (TPSA) is 61.7 Å². The van der Waals surface area contributed by atoms with Crippen molar-refractivity contribution < 1.29 is 14.9 Å². The van der Waals surface area contributed by atoms with E-state index in [1.807, 2.05) is 19.1 Å². The van der Waals surface area contributed by atoms with Gasteiger partial charge < -0.3 is 14.9 Å². The number of hydrogen-bond acceptors (Lipinski definition) is 4. The Hall–Kier alpha value is -0.810. The lowest BCUT2D eigenvalue weighted by molar-refractivity contribution is 0.0535. The summed E-state index contributed by atoms with van der Waals surface area (Å²) in [5.74, 6) is 0.609. The number of aliphatic hydroxyl groups is 2. The maximum atomic E-state index is 9.21. The summed E-state index contributed by atoms with van der Waals surface area (Å²) in [4.78, 5) is 0. The first-order valence-electron chi connectivity index (χ1n) is 5.83. The number of ether oxygens (including phenoxy) is 1. The average Bonchev–Trinajstić information content (AvgIpc) is 2.34. The molecular formula is C13H20ClNO3. The van der Waals surface area contributed by atoms with E-state index in [4.69, 9.17) is 16.3 Å². The molecule has 102 valence electrons. The highest BCUT2D eigenvalue weighted by molar-refractivity contribution is 6.32. The van der Waals surface area contributed by atoms with E-state index in [0.29, 0.717) is 10.8 Å². The number of para-hydroxylation sites is 1. The van der Waals surface area contributed by atoms with Gasteiger partial charge in [0, 0.05) is 0 Å². The van der Waals surface area contributed by atoms with Gasteiger partial charge in [-0.2, -0.15) is 0 Å². The zero-order chi connectivity index (χ0) is 13.8. The predicted molar refractivity (Wildman–Crippen MR) is 72.0 cm³/mol. The van der Waals surface area contributed by atoms with Gasteiger partial charge in [0.15, 0.2) is 0 Å². The van der Waals surface area contributed by atoms with Crippen LogP contribution in [0.15, 0.2) is 18.2 Å². The largest absolute Gasteiger partial charge is 0.474 e. The monoisotopic (exact) mass is 273 g/mol. The molecule has 1 rings (SSSR count). The number of benzene rings is 1. The molecule has 1 aromatic rings. The first-order valence-corrected chi connectivity index (χ1v) is 6.21. The lowest BCUT2D eigenvalue weighted by Crippen LogP contribution is -2.54. The van der Waals surface area contributed by atoms with Crippen LogP contribution in [-0.2, 0) is 0 Å². The SMILES string of the molecule is Cc1cccc(Cl)c1OC(C)NC(C)(CO)CO. The number of aliphatic hydroxyl groups excluding tert-OH is 2. The first kappa shape index (κ1) is 15.2. The smallest absolute Gasteiger partial charge is 0.148 e. The minimum Gasteiger partial charge on any atom is -0.474 e. The van der Waals surface area contributed by atoms with Crippen LogP contribution < -0.4 is 10.1 Å². The van der Waals surface area contributed by atoms with Crippen molar-refractivity contribution in [2.24, 2.45) is 0 Å². The third-order valence-corrected chi connectivity index (χ3v) is 3.01. The van der Waals surface area contributed by atoms with Gasteiger partial charge >= 0.3 is 0 Å². The quantitative estimate of drug-likeness (QED) is 0.691. The van der Waals surface area contributed by atoms with Crippen LogP contribution in [0.25, 0.3) is 0 Å². The number of hydrogen-bond donors (Lipinski definition) is 3. The summed E-state index contributed by atoms with van der Waals surface area (Å²) in [7, 11) is 0. The summed E-state index contributed by atoms with van der Waals surface area (Å²) in [5, 5.41) is 22.0. The van der Waals surface area contributed by atoms with Gasteiger partial charge in [0.05, 0.1) is 23.8 Å². The molecule has 0 saturated carbocycles. The molecule has 0 fully saturated rings. The van der Waals surface area contributed by atoms with Crippen molar-refractivity contribution >= 4 is 11.6 Å². The van der Waals surface area contributed by atoms with Crippen LogP contribution >= 0.6 is 11.6 Å². The van der Waals surface area contributed by atoms with E-state index < -0.39 is 5.54 Å². The second kappa shape index (κ2) is 6.38. The minimum atomic E-state index is -0.783. The number of aryl methyl sites for hydroxylation is 1. The molecule has 0 aliphatic carbocycles. The molecule has 0 bridgehead atoms. The van der Waals surface area contributed by atoms with E-state index in [0.717, 1.165) is 5.56 Å². The van der Waals surface area contributed by atoms with E-state index in [1.165, 1.54) is 0 Å². The molecule has 0 aliphatic heterocycles. The fourth-order valence-electron chi connectivity index (χ4n) is 1.60. The highest BCUT2D eigenvalue weighted by atomic mass is 35.5. The van der Waals surface area contributed by atoms with Gasteiger partial charge in [-0.1, -0.05) is 23.7 Å². The van der Waals surface area contributed by atoms with Crippen molar-refractivity contribution in [3.05, 3.63) is 28.8 Å². The van der Waals surface area contributed by atoms with Gasteiger partial charge in [-0.15, -0.1) is 0 Å². The second-order valence-electron chi connectivity index (χ2n) is 4.67. The van der Waals surface area contributed by atoms with E-state index in [2.05, 4.69) is 5.32 Å². The molecule has 0 aliphatic rings. The van der Waals surface area contributed by atoms with Gasteiger partial charge in [-0.25, -0.2) is 0 Å². The number of halogens is 1.